The standard InChI is InChI=1S/C13H24N2O4/c1-8(2)11(7-12(16)17)15-13(18)14-9-4-5-10(6-9)19-3/h8-11H,4-7H2,1-3H3,(H,16,17)(H2,14,15,18). The lowest BCUT2D eigenvalue weighted by Crippen LogP contribution is -2.48. The second-order valence-corrected chi connectivity index (χ2v) is 5.43. The van der Waals surface area contributed by atoms with Crippen molar-refractivity contribution in [3.8, 4) is 0 Å². The highest BCUT2D eigenvalue weighted by Crippen LogP contribution is 2.21. The SMILES string of the molecule is COC1CCC(NC(=O)NC(CC(=O)O)C(C)C)C1. The van der Waals surface area contributed by atoms with Gasteiger partial charge in [-0.1, -0.05) is 13.8 Å². The molecule has 1 fully saturated rings. The third-order valence-corrected chi connectivity index (χ3v) is 3.57. The number of nitrogens with one attached hydrogen (secondary N) is 2. The number of urea groups is 1. The zero-order valence-electron chi connectivity index (χ0n) is 11.8. The molecule has 3 atom stereocenters. The van der Waals surface area contributed by atoms with E-state index in [0.29, 0.717) is 0 Å². The monoisotopic (exact) mass is 272 g/mol. The minimum Gasteiger partial charge on any atom is -0.481 e. The van der Waals surface area contributed by atoms with Gasteiger partial charge in [-0.2, -0.15) is 0 Å². The molecule has 3 N–H and O–H groups in total. The number of hydrogen-bond donors (Lipinski definition) is 3. The molecule has 1 aliphatic rings. The molecule has 0 aromatic carbocycles. The molecule has 2 amide bonds. The van der Waals surface area contributed by atoms with E-state index in [1.807, 2.05) is 13.8 Å². The molecule has 3 unspecified atom stereocenters. The maximum Gasteiger partial charge on any atom is 0.315 e. The summed E-state index contributed by atoms with van der Waals surface area (Å²) >= 11 is 0. The molecule has 0 aromatic heterocycles. The van der Waals surface area contributed by atoms with E-state index < -0.39 is 5.97 Å². The van der Waals surface area contributed by atoms with E-state index in [1.54, 1.807) is 7.11 Å². The average molecular weight is 272 g/mol. The zero-order chi connectivity index (χ0) is 14.4. The van der Waals surface area contributed by atoms with Crippen molar-refractivity contribution in [1.29, 1.82) is 0 Å². The molecule has 1 rings (SSSR count). The Kier molecular flexibility index (Phi) is 6.08. The van der Waals surface area contributed by atoms with Gasteiger partial charge in [-0.05, 0) is 25.2 Å². The van der Waals surface area contributed by atoms with Crippen molar-refractivity contribution in [2.24, 2.45) is 5.92 Å². The van der Waals surface area contributed by atoms with Gasteiger partial charge in [0.15, 0.2) is 0 Å². The van der Waals surface area contributed by atoms with Crippen molar-refractivity contribution < 1.29 is 19.4 Å². The Morgan fingerprint density at radius 3 is 2.53 bits per heavy atom. The Morgan fingerprint density at radius 1 is 1.37 bits per heavy atom. The molecule has 1 aliphatic carbocycles. The molecule has 6 nitrogen and oxygen atoms in total. The van der Waals surface area contributed by atoms with Crippen molar-refractivity contribution >= 4 is 12.0 Å². The number of carbonyl (C=O) groups excluding carboxylic acids is 1. The van der Waals surface area contributed by atoms with Gasteiger partial charge in [0.2, 0.25) is 0 Å². The normalized spacial score (nSPS) is 24.2. The van der Waals surface area contributed by atoms with Crippen molar-refractivity contribution in [3.05, 3.63) is 0 Å². The summed E-state index contributed by atoms with van der Waals surface area (Å²) in [4.78, 5) is 22.6. The highest BCUT2D eigenvalue weighted by atomic mass is 16.5. The van der Waals surface area contributed by atoms with Gasteiger partial charge in [0.05, 0.1) is 12.5 Å². The van der Waals surface area contributed by atoms with Gasteiger partial charge in [0, 0.05) is 19.2 Å². The second kappa shape index (κ2) is 7.33. The summed E-state index contributed by atoms with van der Waals surface area (Å²) in [5.74, 6) is -0.823. The second-order valence-electron chi connectivity index (χ2n) is 5.43. The number of rotatable bonds is 6. The molecule has 0 heterocycles. The summed E-state index contributed by atoms with van der Waals surface area (Å²) in [7, 11) is 1.68. The molecular weight excluding hydrogens is 248 g/mol. The van der Waals surface area contributed by atoms with Gasteiger partial charge in [-0.25, -0.2) is 4.79 Å². The molecular formula is C13H24N2O4. The number of carboxylic acids is 1. The highest BCUT2D eigenvalue weighted by Gasteiger charge is 2.27. The van der Waals surface area contributed by atoms with E-state index in [4.69, 9.17) is 9.84 Å². The Morgan fingerprint density at radius 2 is 2.05 bits per heavy atom. The zero-order valence-corrected chi connectivity index (χ0v) is 11.8. The van der Waals surface area contributed by atoms with Gasteiger partial charge < -0.3 is 20.5 Å². The van der Waals surface area contributed by atoms with E-state index >= 15 is 0 Å². The Balaban J connectivity index is 2.38. The van der Waals surface area contributed by atoms with Gasteiger partial charge in [0.25, 0.3) is 0 Å². The molecule has 0 spiro atoms. The number of aliphatic carboxylic acids is 1. The van der Waals surface area contributed by atoms with Crippen molar-refractivity contribution in [3.63, 3.8) is 0 Å². The van der Waals surface area contributed by atoms with Crippen molar-refractivity contribution in [2.75, 3.05) is 7.11 Å². The summed E-state index contributed by atoms with van der Waals surface area (Å²) in [6.07, 6.45) is 2.82. The molecule has 1 saturated carbocycles. The van der Waals surface area contributed by atoms with Crippen LogP contribution in [0.25, 0.3) is 0 Å². The van der Waals surface area contributed by atoms with Crippen LogP contribution in [0.4, 0.5) is 4.79 Å². The summed E-state index contributed by atoms with van der Waals surface area (Å²) in [5, 5.41) is 14.4. The summed E-state index contributed by atoms with van der Waals surface area (Å²) < 4.78 is 5.25. The first-order valence-corrected chi connectivity index (χ1v) is 6.74. The van der Waals surface area contributed by atoms with Crippen LogP contribution in [0, 0.1) is 5.92 Å². The first-order valence-electron chi connectivity index (χ1n) is 6.74. The molecule has 0 bridgehead atoms. The topological polar surface area (TPSA) is 87.7 Å². The van der Waals surface area contributed by atoms with E-state index in [0.717, 1.165) is 19.3 Å². The van der Waals surface area contributed by atoms with Crippen LogP contribution >= 0.6 is 0 Å². The first-order chi connectivity index (χ1) is 8.92. The summed E-state index contributed by atoms with van der Waals surface area (Å²) in [5.41, 5.74) is 0. The number of amides is 2. The van der Waals surface area contributed by atoms with Gasteiger partial charge in [0.1, 0.15) is 0 Å². The Hall–Kier alpha value is -1.30. The quantitative estimate of drug-likeness (QED) is 0.681. The van der Waals surface area contributed by atoms with Crippen LogP contribution in [-0.2, 0) is 9.53 Å². The predicted octanol–water partition coefficient (Wildman–Crippen LogP) is 1.35. The van der Waals surface area contributed by atoms with E-state index in [2.05, 4.69) is 10.6 Å². The van der Waals surface area contributed by atoms with E-state index in [1.165, 1.54) is 0 Å². The Labute approximate surface area is 113 Å². The van der Waals surface area contributed by atoms with Crippen LogP contribution in [0.5, 0.6) is 0 Å². The third kappa shape index (κ3) is 5.46. The lowest BCUT2D eigenvalue weighted by atomic mass is 10.0. The molecule has 19 heavy (non-hydrogen) atoms. The van der Waals surface area contributed by atoms with Crippen molar-refractivity contribution in [1.82, 2.24) is 10.6 Å². The van der Waals surface area contributed by atoms with Crippen LogP contribution in [0.2, 0.25) is 0 Å². The molecule has 110 valence electrons. The smallest absolute Gasteiger partial charge is 0.315 e. The molecule has 0 aliphatic heterocycles. The Bertz CT molecular complexity index is 320. The van der Waals surface area contributed by atoms with Gasteiger partial charge in [-0.3, -0.25) is 4.79 Å². The summed E-state index contributed by atoms with van der Waals surface area (Å²) in [6, 6.07) is -0.526. The van der Waals surface area contributed by atoms with Crippen LogP contribution < -0.4 is 10.6 Å². The summed E-state index contributed by atoms with van der Waals surface area (Å²) in [6.45, 7) is 3.79. The third-order valence-electron chi connectivity index (χ3n) is 3.57. The fourth-order valence-corrected chi connectivity index (χ4v) is 2.32. The number of hydrogen-bond acceptors (Lipinski definition) is 3. The van der Waals surface area contributed by atoms with Crippen molar-refractivity contribution in [2.45, 2.75) is 57.7 Å². The van der Waals surface area contributed by atoms with Crippen LogP contribution in [0.1, 0.15) is 39.5 Å². The average Bonchev–Trinajstić information content (AvgIpc) is 2.75. The van der Waals surface area contributed by atoms with Gasteiger partial charge in [-0.15, -0.1) is 0 Å². The van der Waals surface area contributed by atoms with E-state index in [9.17, 15) is 9.59 Å². The predicted molar refractivity (Wildman–Crippen MR) is 71.0 cm³/mol. The maximum atomic E-state index is 11.8. The van der Waals surface area contributed by atoms with Gasteiger partial charge >= 0.3 is 12.0 Å². The lowest BCUT2D eigenvalue weighted by Gasteiger charge is -2.22. The van der Waals surface area contributed by atoms with Crippen LogP contribution in [0.15, 0.2) is 0 Å². The molecule has 0 aromatic rings. The number of ether oxygens (including phenoxy) is 1. The lowest BCUT2D eigenvalue weighted by molar-refractivity contribution is -0.137. The minimum absolute atomic E-state index is 0.0591. The van der Waals surface area contributed by atoms with Crippen LogP contribution in [-0.4, -0.2) is 42.4 Å². The minimum atomic E-state index is -0.903. The van der Waals surface area contributed by atoms with E-state index in [-0.39, 0.29) is 36.6 Å². The fraction of sp³-hybridized carbons (Fsp3) is 0.846. The molecule has 0 saturated heterocycles. The fourth-order valence-electron chi connectivity index (χ4n) is 2.32. The molecule has 6 heteroatoms. The number of carboxylic acid groups (broad SMARTS) is 1. The largest absolute Gasteiger partial charge is 0.481 e. The number of carbonyl (C=O) groups is 2. The number of methoxy groups -OCH3 is 1. The van der Waals surface area contributed by atoms with Crippen LogP contribution in [0.3, 0.4) is 0 Å². The first kappa shape index (κ1) is 15.8. The highest BCUT2D eigenvalue weighted by molar-refractivity contribution is 5.76. The molecule has 0 radical (unpaired) electrons. The maximum absolute atomic E-state index is 11.8.